The second-order valence-corrected chi connectivity index (χ2v) is 5.91. The number of carbonyl (C=O) groups is 2. The van der Waals surface area contributed by atoms with Gasteiger partial charge in [-0.25, -0.2) is 4.79 Å². The van der Waals surface area contributed by atoms with Crippen LogP contribution < -0.4 is 5.32 Å². The van der Waals surface area contributed by atoms with E-state index in [1.165, 1.54) is 17.0 Å². The van der Waals surface area contributed by atoms with Crippen LogP contribution in [-0.2, 0) is 9.53 Å². The molecule has 8 heteroatoms. The van der Waals surface area contributed by atoms with Gasteiger partial charge in [0.15, 0.2) is 5.11 Å². The Hall–Kier alpha value is -2.97. The van der Waals surface area contributed by atoms with E-state index in [4.69, 9.17) is 26.5 Å². The molecular formula is C18H16N2O5S. The zero-order valence-electron chi connectivity index (χ0n) is 13.9. The first-order chi connectivity index (χ1) is 12.5. The van der Waals surface area contributed by atoms with Gasteiger partial charge in [-0.1, -0.05) is 12.1 Å². The molecule has 0 saturated carbocycles. The van der Waals surface area contributed by atoms with Gasteiger partial charge in [0.1, 0.15) is 17.2 Å². The molecule has 1 aromatic carbocycles. The summed E-state index contributed by atoms with van der Waals surface area (Å²) in [7, 11) is 1.55. The molecule has 0 radical (unpaired) electrons. The molecule has 0 spiro atoms. The Kier molecular flexibility index (Phi) is 5.15. The Morgan fingerprint density at radius 2 is 2.19 bits per heavy atom. The summed E-state index contributed by atoms with van der Waals surface area (Å²) < 4.78 is 10.7. The van der Waals surface area contributed by atoms with Gasteiger partial charge in [0.2, 0.25) is 0 Å². The number of methoxy groups -OCH3 is 1. The molecule has 1 aliphatic rings. The third-order valence-electron chi connectivity index (χ3n) is 3.79. The fourth-order valence-corrected chi connectivity index (χ4v) is 2.77. The topological polar surface area (TPSA) is 92.0 Å². The van der Waals surface area contributed by atoms with Gasteiger partial charge in [0.25, 0.3) is 5.91 Å². The second kappa shape index (κ2) is 7.51. The van der Waals surface area contributed by atoms with E-state index in [0.29, 0.717) is 41.0 Å². The van der Waals surface area contributed by atoms with Crippen LogP contribution >= 0.6 is 12.2 Å². The largest absolute Gasteiger partial charge is 0.478 e. The summed E-state index contributed by atoms with van der Waals surface area (Å²) in [6, 6.07) is 9.85. The Bertz CT molecular complexity index is 902. The SMILES string of the molecule is COCCN1C(=O)/C(=C\c2ccc(-c3cccc(C(=O)O)c3)o2)NC1=S. The molecule has 7 nitrogen and oxygen atoms in total. The number of nitrogens with one attached hydrogen (secondary N) is 1. The normalized spacial score (nSPS) is 15.6. The van der Waals surface area contributed by atoms with Crippen molar-refractivity contribution in [3.05, 3.63) is 53.4 Å². The van der Waals surface area contributed by atoms with E-state index < -0.39 is 5.97 Å². The van der Waals surface area contributed by atoms with Gasteiger partial charge < -0.3 is 19.6 Å². The van der Waals surface area contributed by atoms with E-state index in [2.05, 4.69) is 5.32 Å². The molecule has 2 aromatic rings. The van der Waals surface area contributed by atoms with Crippen LogP contribution in [0.5, 0.6) is 0 Å². The first kappa shape index (κ1) is 17.8. The molecular weight excluding hydrogens is 356 g/mol. The molecule has 1 aromatic heterocycles. The smallest absolute Gasteiger partial charge is 0.335 e. The molecule has 0 bridgehead atoms. The van der Waals surface area contributed by atoms with E-state index in [0.717, 1.165) is 0 Å². The highest BCUT2D eigenvalue weighted by Crippen LogP contribution is 2.25. The molecule has 1 aliphatic heterocycles. The molecule has 0 unspecified atom stereocenters. The Labute approximate surface area is 154 Å². The molecule has 2 N–H and O–H groups in total. The maximum absolute atomic E-state index is 12.4. The van der Waals surface area contributed by atoms with Crippen molar-refractivity contribution in [1.82, 2.24) is 10.2 Å². The monoisotopic (exact) mass is 372 g/mol. The quantitative estimate of drug-likeness (QED) is 0.594. The van der Waals surface area contributed by atoms with Crippen molar-refractivity contribution in [3.63, 3.8) is 0 Å². The third kappa shape index (κ3) is 3.66. The minimum absolute atomic E-state index is 0.172. The van der Waals surface area contributed by atoms with Crippen molar-refractivity contribution in [2.75, 3.05) is 20.3 Å². The fraction of sp³-hybridized carbons (Fsp3) is 0.167. The average molecular weight is 372 g/mol. The van der Waals surface area contributed by atoms with E-state index in [9.17, 15) is 9.59 Å². The number of hydrogen-bond donors (Lipinski definition) is 2. The number of benzene rings is 1. The predicted molar refractivity (Wildman–Crippen MR) is 98.4 cm³/mol. The molecule has 0 aliphatic carbocycles. The molecule has 1 fully saturated rings. The van der Waals surface area contributed by atoms with Crippen LogP contribution in [0.3, 0.4) is 0 Å². The summed E-state index contributed by atoms with van der Waals surface area (Å²) in [6.07, 6.45) is 1.56. The second-order valence-electron chi connectivity index (χ2n) is 5.53. The van der Waals surface area contributed by atoms with Crippen molar-refractivity contribution in [2.24, 2.45) is 0 Å². The lowest BCUT2D eigenvalue weighted by molar-refractivity contribution is -0.122. The highest BCUT2D eigenvalue weighted by molar-refractivity contribution is 7.80. The number of ether oxygens (including phenoxy) is 1. The number of aromatic carboxylic acids is 1. The fourth-order valence-electron chi connectivity index (χ4n) is 2.49. The number of thiocarbonyl (C=S) groups is 1. The summed E-state index contributed by atoms with van der Waals surface area (Å²) in [6.45, 7) is 0.746. The third-order valence-corrected chi connectivity index (χ3v) is 4.11. The average Bonchev–Trinajstić information content (AvgIpc) is 3.19. The predicted octanol–water partition coefficient (Wildman–Crippen LogP) is 2.35. The van der Waals surface area contributed by atoms with Crippen LogP contribution in [0.2, 0.25) is 0 Å². The first-order valence-corrected chi connectivity index (χ1v) is 8.17. The van der Waals surface area contributed by atoms with E-state index >= 15 is 0 Å². The number of rotatable bonds is 6. The summed E-state index contributed by atoms with van der Waals surface area (Å²) in [5, 5.41) is 12.3. The minimum Gasteiger partial charge on any atom is -0.478 e. The molecule has 1 amide bonds. The van der Waals surface area contributed by atoms with Crippen LogP contribution in [0.1, 0.15) is 16.1 Å². The number of furan rings is 1. The molecule has 134 valence electrons. The number of hydrogen-bond acceptors (Lipinski definition) is 5. The lowest BCUT2D eigenvalue weighted by Gasteiger charge is -2.12. The van der Waals surface area contributed by atoms with Gasteiger partial charge in [0, 0.05) is 18.7 Å². The van der Waals surface area contributed by atoms with Gasteiger partial charge >= 0.3 is 5.97 Å². The van der Waals surface area contributed by atoms with Gasteiger partial charge in [0.05, 0.1) is 18.7 Å². The zero-order valence-corrected chi connectivity index (χ0v) is 14.7. The van der Waals surface area contributed by atoms with Gasteiger partial charge in [-0.05, 0) is 36.5 Å². The van der Waals surface area contributed by atoms with Gasteiger partial charge in [-0.15, -0.1) is 0 Å². The first-order valence-electron chi connectivity index (χ1n) is 7.76. The van der Waals surface area contributed by atoms with E-state index in [-0.39, 0.29) is 11.5 Å². The van der Waals surface area contributed by atoms with Crippen LogP contribution in [-0.4, -0.2) is 47.3 Å². The number of carbonyl (C=O) groups excluding carboxylic acids is 1. The minimum atomic E-state index is -1.01. The summed E-state index contributed by atoms with van der Waals surface area (Å²) in [5.74, 6) is -0.304. The molecule has 3 rings (SSSR count). The van der Waals surface area contributed by atoms with Crippen molar-refractivity contribution >= 4 is 35.3 Å². The Morgan fingerprint density at radius 1 is 1.38 bits per heavy atom. The molecule has 2 heterocycles. The number of carboxylic acid groups (broad SMARTS) is 1. The van der Waals surface area contributed by atoms with Crippen molar-refractivity contribution in [3.8, 4) is 11.3 Å². The highest BCUT2D eigenvalue weighted by atomic mass is 32.1. The molecule has 1 saturated heterocycles. The molecule has 0 atom stereocenters. The molecule has 26 heavy (non-hydrogen) atoms. The van der Waals surface area contributed by atoms with Crippen molar-refractivity contribution < 1.29 is 23.8 Å². The standard InChI is InChI=1S/C18H16N2O5S/c1-24-8-7-20-16(21)14(19-18(20)26)10-13-5-6-15(25-13)11-3-2-4-12(9-11)17(22)23/h2-6,9-10H,7-8H2,1H3,(H,19,26)(H,22,23)/b14-10+. The van der Waals surface area contributed by atoms with Gasteiger partial charge in [-0.2, -0.15) is 0 Å². The van der Waals surface area contributed by atoms with Crippen molar-refractivity contribution in [1.29, 1.82) is 0 Å². The maximum Gasteiger partial charge on any atom is 0.335 e. The Morgan fingerprint density at radius 3 is 2.92 bits per heavy atom. The van der Waals surface area contributed by atoms with Crippen LogP contribution in [0, 0.1) is 0 Å². The lowest BCUT2D eigenvalue weighted by Crippen LogP contribution is -2.33. The summed E-state index contributed by atoms with van der Waals surface area (Å²) >= 11 is 5.16. The van der Waals surface area contributed by atoms with Gasteiger partial charge in [-0.3, -0.25) is 9.69 Å². The lowest BCUT2D eigenvalue weighted by atomic mass is 10.1. The zero-order chi connectivity index (χ0) is 18.7. The summed E-state index contributed by atoms with van der Waals surface area (Å²) in [5.41, 5.74) is 1.12. The van der Waals surface area contributed by atoms with E-state index in [1.807, 2.05) is 0 Å². The maximum atomic E-state index is 12.4. The number of amides is 1. The van der Waals surface area contributed by atoms with Crippen LogP contribution in [0.4, 0.5) is 0 Å². The summed E-state index contributed by atoms with van der Waals surface area (Å²) in [4.78, 5) is 24.9. The number of nitrogens with zero attached hydrogens (tertiary/aromatic N) is 1. The van der Waals surface area contributed by atoms with Crippen LogP contribution in [0.15, 0.2) is 46.5 Å². The van der Waals surface area contributed by atoms with E-state index in [1.54, 1.807) is 37.5 Å². The number of carboxylic acids is 1. The van der Waals surface area contributed by atoms with Crippen LogP contribution in [0.25, 0.3) is 17.4 Å². The highest BCUT2D eigenvalue weighted by Gasteiger charge is 2.30. The Balaban J connectivity index is 1.81. The van der Waals surface area contributed by atoms with Crippen molar-refractivity contribution in [2.45, 2.75) is 0 Å².